The largest absolute Gasteiger partial charge is 0.481 e. The van der Waals surface area contributed by atoms with Gasteiger partial charge in [0.25, 0.3) is 5.91 Å². The average Bonchev–Trinajstić information content (AvgIpc) is 3.00. The highest BCUT2D eigenvalue weighted by Crippen LogP contribution is 2.40. The number of carbonyl (C=O) groups excluding carboxylic acids is 2. The normalized spacial score (nSPS) is 18.9. The maximum atomic E-state index is 13.3. The number of hydrogen-bond acceptors (Lipinski definition) is 6. The van der Waals surface area contributed by atoms with Crippen LogP contribution in [0.4, 0.5) is 22.7 Å². The van der Waals surface area contributed by atoms with Gasteiger partial charge in [-0.1, -0.05) is 19.1 Å². The van der Waals surface area contributed by atoms with Crippen molar-refractivity contribution < 1.29 is 24.2 Å². The number of benzene rings is 3. The van der Waals surface area contributed by atoms with Gasteiger partial charge >= 0.3 is 5.97 Å². The van der Waals surface area contributed by atoms with E-state index in [-0.39, 0.29) is 36.2 Å². The van der Waals surface area contributed by atoms with Gasteiger partial charge in [0.1, 0.15) is 0 Å². The highest BCUT2D eigenvalue weighted by molar-refractivity contribution is 6.05. The van der Waals surface area contributed by atoms with E-state index < -0.39 is 5.97 Å². The molecule has 9 nitrogen and oxygen atoms in total. The van der Waals surface area contributed by atoms with E-state index in [0.29, 0.717) is 24.1 Å². The number of ether oxygens (including phenoxy) is 1. The zero-order valence-corrected chi connectivity index (χ0v) is 25.0. The molecule has 1 fully saturated rings. The summed E-state index contributed by atoms with van der Waals surface area (Å²) in [6.45, 7) is 8.84. The van der Waals surface area contributed by atoms with Crippen LogP contribution in [0.2, 0.25) is 0 Å². The summed E-state index contributed by atoms with van der Waals surface area (Å²) in [4.78, 5) is 41.0. The number of nitrogens with one attached hydrogen (secondary N) is 2. The Balaban J connectivity index is 1.33. The molecule has 3 atom stereocenters. The number of carboxylic acids is 1. The number of nitrogens with zero attached hydrogens (tertiary/aromatic N) is 2. The average molecular weight is 585 g/mol. The van der Waals surface area contributed by atoms with Crippen LogP contribution in [0, 0.1) is 0 Å². The highest BCUT2D eigenvalue weighted by Gasteiger charge is 2.33. The van der Waals surface area contributed by atoms with Crippen LogP contribution in [-0.2, 0) is 14.3 Å². The first-order valence-electron chi connectivity index (χ1n) is 15.0. The molecule has 2 amide bonds. The van der Waals surface area contributed by atoms with Crippen LogP contribution in [0.5, 0.6) is 0 Å². The molecule has 226 valence electrons. The third-order valence-corrected chi connectivity index (χ3v) is 8.39. The van der Waals surface area contributed by atoms with Crippen LogP contribution in [0.25, 0.3) is 0 Å². The SMILES string of the molecule is CC(=O)N1c2ccc(C(=O)Nc3ccc(C(C)CCC(=O)O)cc3)cc2C(Nc2ccc(N3CCOCC3)cc2)CC1C. The Bertz CT molecular complexity index is 1450. The van der Waals surface area contributed by atoms with Crippen molar-refractivity contribution >= 4 is 40.5 Å². The molecule has 0 aliphatic carbocycles. The van der Waals surface area contributed by atoms with Crippen LogP contribution < -0.4 is 20.4 Å². The molecule has 1 saturated heterocycles. The Morgan fingerprint density at radius 1 is 0.977 bits per heavy atom. The molecule has 0 aromatic heterocycles. The van der Waals surface area contributed by atoms with Gasteiger partial charge in [0.05, 0.1) is 19.3 Å². The van der Waals surface area contributed by atoms with Crippen LogP contribution >= 0.6 is 0 Å². The number of rotatable bonds is 9. The van der Waals surface area contributed by atoms with Crippen molar-refractivity contribution in [2.24, 2.45) is 0 Å². The number of hydrogen-bond donors (Lipinski definition) is 3. The lowest BCUT2D eigenvalue weighted by molar-refractivity contribution is -0.137. The zero-order chi connectivity index (χ0) is 30.5. The van der Waals surface area contributed by atoms with E-state index in [0.717, 1.165) is 54.5 Å². The number of morpholine rings is 1. The van der Waals surface area contributed by atoms with E-state index in [1.807, 2.05) is 50.2 Å². The topological polar surface area (TPSA) is 111 Å². The summed E-state index contributed by atoms with van der Waals surface area (Å²) in [5.41, 5.74) is 6.04. The summed E-state index contributed by atoms with van der Waals surface area (Å²) in [5, 5.41) is 15.6. The highest BCUT2D eigenvalue weighted by atomic mass is 16.5. The Morgan fingerprint density at radius 3 is 2.30 bits per heavy atom. The molecule has 3 unspecified atom stereocenters. The molecule has 0 spiro atoms. The minimum absolute atomic E-state index is 0.00814. The monoisotopic (exact) mass is 584 g/mol. The minimum Gasteiger partial charge on any atom is -0.481 e. The fourth-order valence-electron chi connectivity index (χ4n) is 6.02. The van der Waals surface area contributed by atoms with E-state index in [2.05, 4.69) is 39.8 Å². The predicted octanol–water partition coefficient (Wildman–Crippen LogP) is 6.04. The van der Waals surface area contributed by atoms with Crippen molar-refractivity contribution in [3.05, 3.63) is 83.4 Å². The van der Waals surface area contributed by atoms with Gasteiger partial charge in [0.15, 0.2) is 0 Å². The Kier molecular flexibility index (Phi) is 9.31. The minimum atomic E-state index is -0.805. The Labute approximate surface area is 252 Å². The van der Waals surface area contributed by atoms with Crippen molar-refractivity contribution in [3.63, 3.8) is 0 Å². The third-order valence-electron chi connectivity index (χ3n) is 8.39. The number of carbonyl (C=O) groups is 3. The van der Waals surface area contributed by atoms with E-state index in [4.69, 9.17) is 9.84 Å². The van der Waals surface area contributed by atoms with Crippen molar-refractivity contribution in [2.75, 3.05) is 46.7 Å². The molecule has 3 N–H and O–H groups in total. The lowest BCUT2D eigenvalue weighted by Gasteiger charge is -2.39. The number of fused-ring (bicyclic) bond motifs is 1. The molecule has 3 aromatic carbocycles. The van der Waals surface area contributed by atoms with Crippen LogP contribution in [0.15, 0.2) is 66.7 Å². The van der Waals surface area contributed by atoms with Gasteiger partial charge in [-0.15, -0.1) is 0 Å². The molecule has 5 rings (SSSR count). The first kappa shape index (κ1) is 30.1. The Morgan fingerprint density at radius 2 is 1.65 bits per heavy atom. The fraction of sp³-hybridized carbons (Fsp3) is 0.382. The first-order valence-corrected chi connectivity index (χ1v) is 15.0. The maximum absolute atomic E-state index is 13.3. The molecule has 2 aliphatic heterocycles. The van der Waals surface area contributed by atoms with Crippen molar-refractivity contribution in [3.8, 4) is 0 Å². The summed E-state index contributed by atoms with van der Waals surface area (Å²) >= 11 is 0. The fourth-order valence-corrected chi connectivity index (χ4v) is 6.02. The smallest absolute Gasteiger partial charge is 0.303 e. The summed E-state index contributed by atoms with van der Waals surface area (Å²) in [7, 11) is 0. The zero-order valence-electron chi connectivity index (χ0n) is 25.0. The molecule has 9 heteroatoms. The summed E-state index contributed by atoms with van der Waals surface area (Å²) < 4.78 is 5.47. The third kappa shape index (κ3) is 7.17. The van der Waals surface area contributed by atoms with Crippen LogP contribution in [-0.4, -0.2) is 55.2 Å². The van der Waals surface area contributed by atoms with Gasteiger partial charge in [-0.05, 0) is 91.4 Å². The summed E-state index contributed by atoms with van der Waals surface area (Å²) in [6.07, 6.45) is 1.37. The summed E-state index contributed by atoms with van der Waals surface area (Å²) in [5.74, 6) is -0.970. The maximum Gasteiger partial charge on any atom is 0.303 e. The molecule has 0 radical (unpaired) electrons. The van der Waals surface area contributed by atoms with E-state index in [1.54, 1.807) is 17.9 Å². The van der Waals surface area contributed by atoms with E-state index in [9.17, 15) is 14.4 Å². The standard InChI is InChI=1S/C34H40N4O5/c1-22(4-15-33(40)41)25-5-8-28(9-6-25)36-34(42)26-7-14-32-30(21-26)31(20-23(2)38(32)24(3)39)35-27-10-12-29(13-11-27)37-16-18-43-19-17-37/h5-14,21-23,31,35H,4,15-20H2,1-3H3,(H,36,42)(H,40,41). The Hall–Kier alpha value is -4.37. The second-order valence-electron chi connectivity index (χ2n) is 11.5. The van der Waals surface area contributed by atoms with Gasteiger partial charge < -0.3 is 30.3 Å². The van der Waals surface area contributed by atoms with E-state index >= 15 is 0 Å². The quantitative estimate of drug-likeness (QED) is 0.281. The number of anilines is 4. The summed E-state index contributed by atoms with van der Waals surface area (Å²) in [6, 6.07) is 21.3. The molecule has 0 bridgehead atoms. The molecule has 0 saturated carbocycles. The van der Waals surface area contributed by atoms with Gasteiger partial charge in [0.2, 0.25) is 5.91 Å². The molecule has 2 heterocycles. The molecule has 3 aromatic rings. The molecular formula is C34H40N4O5. The number of amides is 2. The second kappa shape index (κ2) is 13.3. The lowest BCUT2D eigenvalue weighted by atomic mass is 9.90. The number of carboxylic acid groups (broad SMARTS) is 1. The molecular weight excluding hydrogens is 544 g/mol. The lowest BCUT2D eigenvalue weighted by Crippen LogP contribution is -2.43. The predicted molar refractivity (Wildman–Crippen MR) is 169 cm³/mol. The molecule has 2 aliphatic rings. The van der Waals surface area contributed by atoms with Crippen LogP contribution in [0.1, 0.15) is 73.5 Å². The van der Waals surface area contributed by atoms with Gasteiger partial charge in [-0.2, -0.15) is 0 Å². The van der Waals surface area contributed by atoms with Crippen molar-refractivity contribution in [2.45, 2.75) is 58.0 Å². The van der Waals surface area contributed by atoms with Crippen molar-refractivity contribution in [1.82, 2.24) is 0 Å². The van der Waals surface area contributed by atoms with Gasteiger partial charge in [0, 0.05) is 60.8 Å². The van der Waals surface area contributed by atoms with Crippen molar-refractivity contribution in [1.29, 1.82) is 0 Å². The number of aliphatic carboxylic acids is 1. The first-order chi connectivity index (χ1) is 20.7. The van der Waals surface area contributed by atoms with Gasteiger partial charge in [-0.3, -0.25) is 14.4 Å². The second-order valence-corrected chi connectivity index (χ2v) is 11.5. The van der Waals surface area contributed by atoms with Crippen LogP contribution in [0.3, 0.4) is 0 Å². The van der Waals surface area contributed by atoms with E-state index in [1.165, 1.54) is 0 Å². The molecule has 43 heavy (non-hydrogen) atoms. The van der Waals surface area contributed by atoms with Gasteiger partial charge in [-0.25, -0.2) is 0 Å².